The van der Waals surface area contributed by atoms with E-state index < -0.39 is 0 Å². The van der Waals surface area contributed by atoms with Crippen LogP contribution in [0.15, 0.2) is 0 Å². The average Bonchev–Trinajstić information content (AvgIpc) is 2.35. The number of ether oxygens (including phenoxy) is 1. The molecule has 1 saturated heterocycles. The van der Waals surface area contributed by atoms with E-state index in [1.807, 2.05) is 0 Å². The summed E-state index contributed by atoms with van der Waals surface area (Å²) in [5.41, 5.74) is 0. The van der Waals surface area contributed by atoms with E-state index in [0.717, 1.165) is 13.2 Å². The Morgan fingerprint density at radius 1 is 0.294 bits per heavy atom. The van der Waals surface area contributed by atoms with E-state index in [2.05, 4.69) is 0 Å². The molecule has 0 spiro atoms. The molecule has 0 aliphatic carbocycles. The van der Waals surface area contributed by atoms with Gasteiger partial charge in [-0.05, 0) is 12.8 Å². The summed E-state index contributed by atoms with van der Waals surface area (Å²) in [6.07, 6.45) is 19.8. The van der Waals surface area contributed by atoms with Gasteiger partial charge in [-0.3, -0.25) is 0 Å². The molecular formula is C16H32O. The first-order chi connectivity index (χ1) is 8.50. The van der Waals surface area contributed by atoms with Gasteiger partial charge in [-0.25, -0.2) is 0 Å². The fourth-order valence-corrected chi connectivity index (χ4v) is 2.63. The molecule has 0 amide bonds. The van der Waals surface area contributed by atoms with E-state index in [0.29, 0.717) is 0 Å². The average molecular weight is 240 g/mol. The van der Waals surface area contributed by atoms with Gasteiger partial charge in [0, 0.05) is 13.2 Å². The predicted octanol–water partition coefficient (Wildman–Crippen LogP) is 5.48. The van der Waals surface area contributed by atoms with E-state index in [4.69, 9.17) is 4.74 Å². The summed E-state index contributed by atoms with van der Waals surface area (Å²) < 4.78 is 5.66. The van der Waals surface area contributed by atoms with Gasteiger partial charge in [0.2, 0.25) is 0 Å². The zero-order valence-electron chi connectivity index (χ0n) is 11.7. The SMILES string of the molecule is C1CCCCCCCCOCCCCCCC1. The third-order valence-corrected chi connectivity index (χ3v) is 3.83. The first-order valence-corrected chi connectivity index (χ1v) is 8.08. The molecule has 0 unspecified atom stereocenters. The smallest absolute Gasteiger partial charge is 0.0466 e. The van der Waals surface area contributed by atoms with Crippen LogP contribution in [-0.4, -0.2) is 13.2 Å². The first-order valence-electron chi connectivity index (χ1n) is 8.08. The van der Waals surface area contributed by atoms with Crippen LogP contribution in [0.25, 0.3) is 0 Å². The molecule has 0 aromatic rings. The molecule has 0 aromatic carbocycles. The predicted molar refractivity (Wildman–Crippen MR) is 75.5 cm³/mol. The molecule has 1 heteroatoms. The maximum atomic E-state index is 5.66. The van der Waals surface area contributed by atoms with Crippen LogP contribution < -0.4 is 0 Å². The highest BCUT2D eigenvalue weighted by Crippen LogP contribution is 2.13. The maximum Gasteiger partial charge on any atom is 0.0466 e. The van der Waals surface area contributed by atoms with Gasteiger partial charge in [0.15, 0.2) is 0 Å². The number of hydrogen-bond donors (Lipinski definition) is 0. The zero-order valence-corrected chi connectivity index (χ0v) is 11.7. The highest BCUT2D eigenvalue weighted by molar-refractivity contribution is 4.50. The quantitative estimate of drug-likeness (QED) is 0.545. The van der Waals surface area contributed by atoms with Crippen LogP contribution in [0.3, 0.4) is 0 Å². The molecule has 0 N–H and O–H groups in total. The normalized spacial score (nSPS) is 24.0. The van der Waals surface area contributed by atoms with Gasteiger partial charge in [-0.1, -0.05) is 77.0 Å². The Balaban J connectivity index is 2.01. The highest BCUT2D eigenvalue weighted by Gasteiger charge is 1.96. The lowest BCUT2D eigenvalue weighted by molar-refractivity contribution is 0.125. The summed E-state index contributed by atoms with van der Waals surface area (Å²) in [6.45, 7) is 2.00. The van der Waals surface area contributed by atoms with E-state index in [-0.39, 0.29) is 0 Å². The fraction of sp³-hybridized carbons (Fsp3) is 1.00. The molecule has 0 saturated carbocycles. The molecule has 0 bridgehead atoms. The second-order valence-corrected chi connectivity index (χ2v) is 5.56. The second-order valence-electron chi connectivity index (χ2n) is 5.56. The minimum atomic E-state index is 1.00. The Hall–Kier alpha value is -0.0400. The topological polar surface area (TPSA) is 9.23 Å². The summed E-state index contributed by atoms with van der Waals surface area (Å²) >= 11 is 0. The zero-order chi connectivity index (χ0) is 12.0. The molecule has 1 aliphatic heterocycles. The molecular weight excluding hydrogens is 208 g/mol. The van der Waals surface area contributed by atoms with Crippen molar-refractivity contribution < 1.29 is 4.74 Å². The Labute approximate surface area is 108 Å². The van der Waals surface area contributed by atoms with Crippen LogP contribution in [0, 0.1) is 0 Å². The lowest BCUT2D eigenvalue weighted by Crippen LogP contribution is -1.97. The van der Waals surface area contributed by atoms with Gasteiger partial charge in [0.1, 0.15) is 0 Å². The van der Waals surface area contributed by atoms with Crippen molar-refractivity contribution in [2.45, 2.75) is 89.9 Å². The van der Waals surface area contributed by atoms with Crippen molar-refractivity contribution in [3.8, 4) is 0 Å². The van der Waals surface area contributed by atoms with Gasteiger partial charge < -0.3 is 4.74 Å². The van der Waals surface area contributed by atoms with Gasteiger partial charge in [0.05, 0.1) is 0 Å². The molecule has 1 nitrogen and oxygen atoms in total. The van der Waals surface area contributed by atoms with E-state index in [9.17, 15) is 0 Å². The van der Waals surface area contributed by atoms with Crippen molar-refractivity contribution >= 4 is 0 Å². The maximum absolute atomic E-state index is 5.66. The summed E-state index contributed by atoms with van der Waals surface area (Å²) in [4.78, 5) is 0. The van der Waals surface area contributed by atoms with Gasteiger partial charge in [0.25, 0.3) is 0 Å². The highest BCUT2D eigenvalue weighted by atomic mass is 16.5. The van der Waals surface area contributed by atoms with E-state index in [1.165, 1.54) is 89.9 Å². The Bertz CT molecular complexity index is 75.0. The molecule has 1 aliphatic rings. The minimum absolute atomic E-state index is 1.00. The lowest BCUT2D eigenvalue weighted by atomic mass is 10.0. The van der Waals surface area contributed by atoms with Crippen LogP contribution in [0.1, 0.15) is 89.9 Å². The Morgan fingerprint density at radius 3 is 0.824 bits per heavy atom. The van der Waals surface area contributed by atoms with Crippen molar-refractivity contribution in [2.24, 2.45) is 0 Å². The first kappa shape index (κ1) is 15.0. The summed E-state index contributed by atoms with van der Waals surface area (Å²) in [6, 6.07) is 0. The van der Waals surface area contributed by atoms with Crippen LogP contribution in [0.4, 0.5) is 0 Å². The lowest BCUT2D eigenvalue weighted by Gasteiger charge is -2.04. The van der Waals surface area contributed by atoms with Gasteiger partial charge >= 0.3 is 0 Å². The van der Waals surface area contributed by atoms with Crippen molar-refractivity contribution in [1.82, 2.24) is 0 Å². The van der Waals surface area contributed by atoms with Crippen molar-refractivity contribution in [3.05, 3.63) is 0 Å². The molecule has 0 atom stereocenters. The minimum Gasteiger partial charge on any atom is -0.381 e. The van der Waals surface area contributed by atoms with Crippen LogP contribution in [0.2, 0.25) is 0 Å². The monoisotopic (exact) mass is 240 g/mol. The third kappa shape index (κ3) is 10.8. The Kier molecular flexibility index (Phi) is 11.0. The summed E-state index contributed by atoms with van der Waals surface area (Å²) in [7, 11) is 0. The molecule has 1 fully saturated rings. The van der Waals surface area contributed by atoms with Crippen molar-refractivity contribution in [2.75, 3.05) is 13.2 Å². The summed E-state index contributed by atoms with van der Waals surface area (Å²) in [5.74, 6) is 0. The number of rotatable bonds is 0. The molecule has 0 aromatic heterocycles. The van der Waals surface area contributed by atoms with Crippen molar-refractivity contribution in [3.63, 3.8) is 0 Å². The summed E-state index contributed by atoms with van der Waals surface area (Å²) in [5, 5.41) is 0. The molecule has 102 valence electrons. The third-order valence-electron chi connectivity index (χ3n) is 3.83. The van der Waals surface area contributed by atoms with Crippen LogP contribution >= 0.6 is 0 Å². The van der Waals surface area contributed by atoms with Crippen LogP contribution in [-0.2, 0) is 4.74 Å². The number of hydrogen-bond acceptors (Lipinski definition) is 1. The molecule has 0 radical (unpaired) electrons. The van der Waals surface area contributed by atoms with Gasteiger partial charge in [-0.15, -0.1) is 0 Å². The second kappa shape index (κ2) is 12.4. The van der Waals surface area contributed by atoms with E-state index in [1.54, 1.807) is 0 Å². The van der Waals surface area contributed by atoms with Gasteiger partial charge in [-0.2, -0.15) is 0 Å². The molecule has 1 rings (SSSR count). The fourth-order valence-electron chi connectivity index (χ4n) is 2.63. The largest absolute Gasteiger partial charge is 0.381 e. The van der Waals surface area contributed by atoms with E-state index >= 15 is 0 Å². The standard InChI is InChI=1S/C16H32O/c1-2-4-6-8-10-12-14-16-17-15-13-11-9-7-5-3-1/h1-16H2. The Morgan fingerprint density at radius 2 is 0.529 bits per heavy atom. The van der Waals surface area contributed by atoms with Crippen molar-refractivity contribution in [1.29, 1.82) is 0 Å². The molecule has 17 heavy (non-hydrogen) atoms. The molecule has 1 heterocycles. The van der Waals surface area contributed by atoms with Crippen LogP contribution in [0.5, 0.6) is 0 Å².